The predicted molar refractivity (Wildman–Crippen MR) is 202 cm³/mol. The van der Waals surface area contributed by atoms with E-state index in [1.807, 2.05) is 67.8 Å². The van der Waals surface area contributed by atoms with Gasteiger partial charge < -0.3 is 20.7 Å². The molecule has 52 heavy (non-hydrogen) atoms. The first-order chi connectivity index (χ1) is 24.7. The number of benzene rings is 2. The van der Waals surface area contributed by atoms with E-state index < -0.39 is 16.1 Å². The van der Waals surface area contributed by atoms with Crippen molar-refractivity contribution in [3.8, 4) is 5.75 Å². The molecule has 3 atom stereocenters. The van der Waals surface area contributed by atoms with Crippen molar-refractivity contribution in [3.05, 3.63) is 95.3 Å². The van der Waals surface area contributed by atoms with Gasteiger partial charge in [0.2, 0.25) is 5.95 Å². The molecule has 1 fully saturated rings. The Morgan fingerprint density at radius 1 is 1.04 bits per heavy atom. The number of nitrogens with two attached hydrogens (primary N) is 1. The van der Waals surface area contributed by atoms with Crippen LogP contribution in [0.2, 0.25) is 0 Å². The first kappa shape index (κ1) is 36.8. The van der Waals surface area contributed by atoms with E-state index in [9.17, 15) is 13.2 Å². The second kappa shape index (κ2) is 15.3. The standard InChI is InChI=1S/C38H48N8O5S/c1-25-11-8-9-20-45(25)37-44-43-35-19-16-28(23-46(35)37)51-32-18-17-31(29-14-6-7-15-30(29)32)41-36(47)42-34(22-33(39)38(2,3)4)40-27-13-10-12-26(21-27)24-50-52(5,48)49/h6-7,10,12-16,19,21-23,25,31-32H,8-9,11,17-18,20,24,39H2,1-5H3,(H2,40,41,42,47)/b33-22-/t25-,31-,32+/m0/s1. The number of amidine groups is 1. The summed E-state index contributed by atoms with van der Waals surface area (Å²) >= 11 is 0. The maximum Gasteiger partial charge on any atom is 0.320 e. The number of fused-ring (bicyclic) bond motifs is 2. The lowest BCUT2D eigenvalue weighted by molar-refractivity contribution is 0.171. The Bertz CT molecular complexity index is 2090. The van der Waals surface area contributed by atoms with Crippen LogP contribution >= 0.6 is 0 Å². The number of anilines is 1. The molecule has 0 spiro atoms. The normalized spacial score (nSPS) is 20.0. The quantitative estimate of drug-likeness (QED) is 0.0997. The molecule has 2 amide bonds. The number of aromatic nitrogens is 3. The van der Waals surface area contributed by atoms with Crippen molar-refractivity contribution < 1.29 is 22.1 Å². The number of allylic oxidation sites excluding steroid dienone is 1. The van der Waals surface area contributed by atoms with Crippen LogP contribution in [0.1, 0.15) is 88.6 Å². The molecule has 0 saturated carbocycles. The van der Waals surface area contributed by atoms with Crippen LogP contribution in [0.3, 0.4) is 0 Å². The summed E-state index contributed by atoms with van der Waals surface area (Å²) in [5.41, 5.74) is 10.4. The van der Waals surface area contributed by atoms with Crippen molar-refractivity contribution >= 4 is 39.3 Å². The van der Waals surface area contributed by atoms with E-state index in [0.29, 0.717) is 35.8 Å². The van der Waals surface area contributed by atoms with Crippen LogP contribution in [-0.2, 0) is 20.9 Å². The Hall–Kier alpha value is -4.95. The molecule has 0 bridgehead atoms. The molecule has 4 N–H and O–H groups in total. The highest BCUT2D eigenvalue weighted by Gasteiger charge is 2.30. The molecular weight excluding hydrogens is 681 g/mol. The van der Waals surface area contributed by atoms with Gasteiger partial charge >= 0.3 is 6.03 Å². The average Bonchev–Trinajstić information content (AvgIpc) is 3.51. The molecule has 1 aliphatic heterocycles. The number of hydrogen-bond donors (Lipinski definition) is 3. The van der Waals surface area contributed by atoms with Crippen LogP contribution < -0.4 is 26.0 Å². The van der Waals surface area contributed by atoms with E-state index in [0.717, 1.165) is 54.1 Å². The average molecular weight is 729 g/mol. The van der Waals surface area contributed by atoms with Gasteiger partial charge in [-0.1, -0.05) is 57.2 Å². The number of nitrogens with one attached hydrogen (secondary N) is 2. The Morgan fingerprint density at radius 3 is 2.58 bits per heavy atom. The molecule has 3 heterocycles. The lowest BCUT2D eigenvalue weighted by atomic mass is 9.85. The van der Waals surface area contributed by atoms with Gasteiger partial charge in [0, 0.05) is 29.8 Å². The number of urea groups is 1. The molecule has 276 valence electrons. The van der Waals surface area contributed by atoms with Gasteiger partial charge in [-0.05, 0) is 80.0 Å². The van der Waals surface area contributed by atoms with E-state index in [-0.39, 0.29) is 30.0 Å². The van der Waals surface area contributed by atoms with Crippen LogP contribution in [0.25, 0.3) is 5.65 Å². The van der Waals surface area contributed by atoms with Gasteiger partial charge in [0.15, 0.2) is 5.65 Å². The number of carbonyl (C=O) groups excluding carboxylic acids is 1. The first-order valence-electron chi connectivity index (χ1n) is 17.7. The SMILES string of the molecule is C[C@H]1CCCCN1c1nnc2ccc(O[C@@H]3CC[C@H](NC(=O)NC(/C=C(\N)C(C)(C)C)=Nc4cccc(COS(C)(=O)=O)c4)c4ccccc43)cn12. The van der Waals surface area contributed by atoms with E-state index in [4.69, 9.17) is 14.7 Å². The number of carbonyl (C=O) groups is 1. The number of rotatable bonds is 9. The topological polar surface area (TPSA) is 166 Å². The number of hydrogen-bond acceptors (Lipinski definition) is 10. The summed E-state index contributed by atoms with van der Waals surface area (Å²) in [4.78, 5) is 20.6. The number of piperidine rings is 1. The van der Waals surface area contributed by atoms with Crippen LogP contribution in [0.5, 0.6) is 5.75 Å². The number of ether oxygens (including phenoxy) is 1. The van der Waals surface area contributed by atoms with Crippen molar-refractivity contribution in [2.45, 2.75) is 84.6 Å². The summed E-state index contributed by atoms with van der Waals surface area (Å²) in [5, 5.41) is 14.9. The number of amides is 2. The van der Waals surface area contributed by atoms with Gasteiger partial charge in [0.25, 0.3) is 10.1 Å². The minimum absolute atomic E-state index is 0.133. The second-order valence-corrected chi connectivity index (χ2v) is 16.2. The Kier molecular flexibility index (Phi) is 10.9. The van der Waals surface area contributed by atoms with Gasteiger partial charge in [0.1, 0.15) is 17.7 Å². The predicted octanol–water partition coefficient (Wildman–Crippen LogP) is 6.46. The molecule has 14 heteroatoms. The van der Waals surface area contributed by atoms with Crippen molar-refractivity contribution in [2.24, 2.45) is 16.1 Å². The van der Waals surface area contributed by atoms with Crippen molar-refractivity contribution in [1.82, 2.24) is 25.2 Å². The number of nitrogens with zero attached hydrogens (tertiary/aromatic N) is 5. The van der Waals surface area contributed by atoms with Gasteiger partial charge in [-0.3, -0.25) is 13.9 Å². The van der Waals surface area contributed by atoms with Crippen LogP contribution in [0.4, 0.5) is 16.4 Å². The fourth-order valence-corrected chi connectivity index (χ4v) is 6.86. The van der Waals surface area contributed by atoms with Crippen molar-refractivity contribution in [3.63, 3.8) is 0 Å². The Labute approximate surface area is 305 Å². The zero-order valence-electron chi connectivity index (χ0n) is 30.4. The molecule has 0 radical (unpaired) electrons. The van der Waals surface area contributed by atoms with Crippen molar-refractivity contribution in [1.29, 1.82) is 0 Å². The molecule has 2 aromatic carbocycles. The molecular formula is C38H48N8O5S. The highest BCUT2D eigenvalue weighted by molar-refractivity contribution is 7.85. The molecule has 0 unspecified atom stereocenters. The van der Waals surface area contributed by atoms with E-state index >= 15 is 0 Å². The third-order valence-electron chi connectivity index (χ3n) is 9.44. The maximum atomic E-state index is 13.6. The minimum Gasteiger partial charge on any atom is -0.484 e. The smallest absolute Gasteiger partial charge is 0.320 e. The summed E-state index contributed by atoms with van der Waals surface area (Å²) in [5.74, 6) is 1.79. The Balaban J connectivity index is 1.19. The summed E-state index contributed by atoms with van der Waals surface area (Å²) < 4.78 is 36.6. The summed E-state index contributed by atoms with van der Waals surface area (Å²) in [6, 6.07) is 18.5. The molecule has 2 aromatic heterocycles. The second-order valence-electron chi connectivity index (χ2n) is 14.6. The zero-order chi connectivity index (χ0) is 37.0. The molecule has 1 saturated heterocycles. The van der Waals surface area contributed by atoms with Gasteiger partial charge in [-0.15, -0.1) is 10.2 Å². The maximum absolute atomic E-state index is 13.6. The fourth-order valence-electron chi connectivity index (χ4n) is 6.51. The molecule has 1 aliphatic carbocycles. The third kappa shape index (κ3) is 9.09. The number of pyridine rings is 1. The lowest BCUT2D eigenvalue weighted by Crippen LogP contribution is -2.42. The van der Waals surface area contributed by atoms with E-state index in [2.05, 4.69) is 37.6 Å². The van der Waals surface area contributed by atoms with Gasteiger partial charge in [-0.2, -0.15) is 8.42 Å². The molecule has 13 nitrogen and oxygen atoms in total. The summed E-state index contributed by atoms with van der Waals surface area (Å²) in [7, 11) is -3.62. The van der Waals surface area contributed by atoms with Crippen LogP contribution in [0, 0.1) is 5.41 Å². The largest absolute Gasteiger partial charge is 0.484 e. The minimum atomic E-state index is -3.62. The van der Waals surface area contributed by atoms with E-state index in [1.165, 1.54) is 6.42 Å². The fraction of sp³-hybridized carbons (Fsp3) is 0.421. The zero-order valence-corrected chi connectivity index (χ0v) is 31.2. The van der Waals surface area contributed by atoms with E-state index in [1.54, 1.807) is 30.3 Å². The monoisotopic (exact) mass is 728 g/mol. The third-order valence-corrected chi connectivity index (χ3v) is 9.98. The molecule has 6 rings (SSSR count). The lowest BCUT2D eigenvalue weighted by Gasteiger charge is -2.33. The summed E-state index contributed by atoms with van der Waals surface area (Å²) in [6.07, 6.45) is 9.21. The number of aliphatic imine (C=N–C) groups is 1. The van der Waals surface area contributed by atoms with Crippen LogP contribution in [-0.4, -0.2) is 53.7 Å². The van der Waals surface area contributed by atoms with Crippen LogP contribution in [0.15, 0.2) is 83.6 Å². The highest BCUT2D eigenvalue weighted by Crippen LogP contribution is 2.39. The molecule has 2 aliphatic rings. The van der Waals surface area contributed by atoms with Gasteiger partial charge in [0.05, 0.1) is 30.8 Å². The van der Waals surface area contributed by atoms with Crippen molar-refractivity contribution in [2.75, 3.05) is 17.7 Å². The Morgan fingerprint density at radius 2 is 1.83 bits per heavy atom. The first-order valence-corrected chi connectivity index (χ1v) is 19.5. The molecule has 4 aromatic rings. The summed E-state index contributed by atoms with van der Waals surface area (Å²) in [6.45, 7) is 8.96. The highest BCUT2D eigenvalue weighted by atomic mass is 32.2. The van der Waals surface area contributed by atoms with Gasteiger partial charge in [-0.25, -0.2) is 9.79 Å².